The zero-order valence-electron chi connectivity index (χ0n) is 5.20. The van der Waals surface area contributed by atoms with Gasteiger partial charge in [-0.2, -0.15) is 0 Å². The molecule has 2 saturated carbocycles. The van der Waals surface area contributed by atoms with Crippen LogP contribution in [-0.2, 0) is 0 Å². The minimum absolute atomic E-state index is 0.0567. The van der Waals surface area contributed by atoms with Gasteiger partial charge in [0.05, 0.1) is 6.10 Å². The number of aliphatic hydroxyl groups excluding tert-OH is 1. The number of fused-ring (bicyclic) bond motifs is 4. The molecule has 1 nitrogen and oxygen atoms in total. The van der Waals surface area contributed by atoms with Crippen LogP contribution in [0.2, 0.25) is 0 Å². The van der Waals surface area contributed by atoms with E-state index in [1.807, 2.05) is 0 Å². The molecule has 48 valence electrons. The molecule has 1 heteroatoms. The molecule has 0 unspecified atom stereocenters. The second-order valence-corrected chi connectivity index (χ2v) is 3.58. The predicted molar refractivity (Wildman–Crippen MR) is 33.7 cm³/mol. The quantitative estimate of drug-likeness (QED) is 0.471. The van der Waals surface area contributed by atoms with Gasteiger partial charge in [-0.05, 0) is 30.1 Å². The largest absolute Gasteiger partial charge is 0.393 e. The first-order chi connectivity index (χ1) is 4.38. The van der Waals surface area contributed by atoms with Crippen molar-refractivity contribution in [3.05, 3.63) is 12.2 Å². The fourth-order valence-electron chi connectivity index (χ4n) is 2.67. The van der Waals surface area contributed by atoms with E-state index in [9.17, 15) is 5.11 Å². The van der Waals surface area contributed by atoms with Crippen molar-refractivity contribution < 1.29 is 5.11 Å². The molecule has 0 heterocycles. The lowest BCUT2D eigenvalue weighted by molar-refractivity contribution is -0.167. The van der Waals surface area contributed by atoms with E-state index in [4.69, 9.17) is 0 Å². The maximum atomic E-state index is 9.23. The lowest BCUT2D eigenvalue weighted by Gasteiger charge is -2.64. The van der Waals surface area contributed by atoms with Crippen molar-refractivity contribution in [1.82, 2.24) is 0 Å². The van der Waals surface area contributed by atoms with E-state index in [-0.39, 0.29) is 6.10 Å². The van der Waals surface area contributed by atoms with Crippen molar-refractivity contribution in [2.45, 2.75) is 12.5 Å². The molecule has 0 bridgehead atoms. The van der Waals surface area contributed by atoms with Crippen molar-refractivity contribution in [3.63, 3.8) is 0 Å². The zero-order chi connectivity index (χ0) is 6.01. The van der Waals surface area contributed by atoms with Crippen molar-refractivity contribution in [3.8, 4) is 0 Å². The van der Waals surface area contributed by atoms with E-state index in [1.54, 1.807) is 0 Å². The molecule has 5 atom stereocenters. The number of aliphatic hydroxyl groups is 1. The lowest BCUT2D eigenvalue weighted by atomic mass is 9.42. The van der Waals surface area contributed by atoms with Gasteiger partial charge in [-0.15, -0.1) is 0 Å². The molecule has 0 aromatic rings. The smallest absolute Gasteiger partial charge is 0.0580 e. The van der Waals surface area contributed by atoms with Gasteiger partial charge in [0.25, 0.3) is 0 Å². The first-order valence-corrected chi connectivity index (χ1v) is 3.74. The second kappa shape index (κ2) is 1.10. The monoisotopic (exact) mass is 122 g/mol. The van der Waals surface area contributed by atoms with Gasteiger partial charge in [-0.25, -0.2) is 0 Å². The van der Waals surface area contributed by atoms with Crippen LogP contribution in [0.4, 0.5) is 0 Å². The molecule has 3 aliphatic rings. The van der Waals surface area contributed by atoms with Gasteiger partial charge < -0.3 is 5.11 Å². The first-order valence-electron chi connectivity index (χ1n) is 3.74. The minimum atomic E-state index is 0.0567. The van der Waals surface area contributed by atoms with E-state index in [0.717, 1.165) is 24.2 Å². The van der Waals surface area contributed by atoms with Gasteiger partial charge in [0.15, 0.2) is 0 Å². The summed E-state index contributed by atoms with van der Waals surface area (Å²) in [6.45, 7) is 0. The van der Waals surface area contributed by atoms with E-state index in [0.29, 0.717) is 5.92 Å². The van der Waals surface area contributed by atoms with Crippen molar-refractivity contribution in [1.29, 1.82) is 0 Å². The molecule has 0 amide bonds. The van der Waals surface area contributed by atoms with Crippen LogP contribution in [0.25, 0.3) is 0 Å². The number of allylic oxidation sites excluding steroid dienone is 2. The number of hydrogen-bond acceptors (Lipinski definition) is 1. The summed E-state index contributed by atoms with van der Waals surface area (Å²) in [5.74, 6) is 3.24. The Morgan fingerprint density at radius 1 is 1.22 bits per heavy atom. The SMILES string of the molecule is O[C@H]1C[C@@H]2[C@@H]3C=C[C@H]3[C@@H]21. The normalized spacial score (nSPS) is 66.6. The molecule has 1 N–H and O–H groups in total. The van der Waals surface area contributed by atoms with Gasteiger partial charge in [0.2, 0.25) is 0 Å². The van der Waals surface area contributed by atoms with Crippen molar-refractivity contribution in [2.75, 3.05) is 0 Å². The van der Waals surface area contributed by atoms with Gasteiger partial charge in [-0.1, -0.05) is 12.2 Å². The summed E-state index contributed by atoms with van der Waals surface area (Å²) in [6, 6.07) is 0. The Labute approximate surface area is 54.4 Å². The highest BCUT2D eigenvalue weighted by Gasteiger charge is 2.61. The van der Waals surface area contributed by atoms with Crippen LogP contribution < -0.4 is 0 Å². The van der Waals surface area contributed by atoms with Crippen LogP contribution in [0, 0.1) is 23.7 Å². The Kier molecular flexibility index (Phi) is 0.552. The minimum Gasteiger partial charge on any atom is -0.393 e. The van der Waals surface area contributed by atoms with E-state index >= 15 is 0 Å². The summed E-state index contributed by atoms with van der Waals surface area (Å²) < 4.78 is 0. The molecule has 0 aromatic carbocycles. The highest BCUT2D eigenvalue weighted by atomic mass is 16.3. The van der Waals surface area contributed by atoms with E-state index < -0.39 is 0 Å². The molecular weight excluding hydrogens is 112 g/mol. The molecule has 2 fully saturated rings. The van der Waals surface area contributed by atoms with Gasteiger partial charge in [0.1, 0.15) is 0 Å². The second-order valence-electron chi connectivity index (χ2n) is 3.58. The third-order valence-corrected chi connectivity index (χ3v) is 3.39. The Balaban J connectivity index is 1.90. The molecule has 0 radical (unpaired) electrons. The number of hydrogen-bond donors (Lipinski definition) is 1. The third-order valence-electron chi connectivity index (χ3n) is 3.39. The molecule has 3 aliphatic carbocycles. The van der Waals surface area contributed by atoms with E-state index in [1.165, 1.54) is 0 Å². The van der Waals surface area contributed by atoms with Gasteiger partial charge in [0, 0.05) is 0 Å². The molecule has 3 rings (SSSR count). The highest BCUT2D eigenvalue weighted by molar-refractivity contribution is 5.26. The summed E-state index contributed by atoms with van der Waals surface area (Å²) in [5, 5.41) is 9.23. The standard InChI is InChI=1S/C8H10O/c9-7-3-6-4-1-2-5(4)8(6)7/h1-2,4-9H,3H2/t4-,5-,6-,7+,8+/m1/s1. The van der Waals surface area contributed by atoms with Gasteiger partial charge >= 0.3 is 0 Å². The van der Waals surface area contributed by atoms with Crippen molar-refractivity contribution in [2.24, 2.45) is 23.7 Å². The zero-order valence-corrected chi connectivity index (χ0v) is 5.20. The summed E-state index contributed by atoms with van der Waals surface area (Å²) in [4.78, 5) is 0. The first kappa shape index (κ1) is 4.51. The molecule has 0 aliphatic heterocycles. The topological polar surface area (TPSA) is 20.2 Å². The van der Waals surface area contributed by atoms with Crippen LogP contribution in [0.5, 0.6) is 0 Å². The maximum Gasteiger partial charge on any atom is 0.0580 e. The van der Waals surface area contributed by atoms with Crippen LogP contribution >= 0.6 is 0 Å². The fourth-order valence-corrected chi connectivity index (χ4v) is 2.67. The average molecular weight is 122 g/mol. The lowest BCUT2D eigenvalue weighted by Crippen LogP contribution is -2.62. The van der Waals surface area contributed by atoms with E-state index in [2.05, 4.69) is 12.2 Å². The third kappa shape index (κ3) is 0.304. The summed E-state index contributed by atoms with van der Waals surface area (Å²) >= 11 is 0. The predicted octanol–water partition coefficient (Wildman–Crippen LogP) is 0.799. The molecule has 0 aromatic heterocycles. The summed E-state index contributed by atoms with van der Waals surface area (Å²) in [6.07, 6.45) is 5.70. The molecule has 9 heavy (non-hydrogen) atoms. The molecule has 0 saturated heterocycles. The highest BCUT2D eigenvalue weighted by Crippen LogP contribution is 2.63. The Morgan fingerprint density at radius 3 is 2.33 bits per heavy atom. The average Bonchev–Trinajstić information content (AvgIpc) is 1.79. The summed E-state index contributed by atoms with van der Waals surface area (Å²) in [5.41, 5.74) is 0. The van der Waals surface area contributed by atoms with Crippen LogP contribution in [-0.4, -0.2) is 11.2 Å². The maximum absolute atomic E-state index is 9.23. The van der Waals surface area contributed by atoms with Crippen LogP contribution in [0.3, 0.4) is 0 Å². The number of rotatable bonds is 0. The fraction of sp³-hybridized carbons (Fsp3) is 0.750. The van der Waals surface area contributed by atoms with Crippen molar-refractivity contribution >= 4 is 0 Å². The van der Waals surface area contributed by atoms with Crippen LogP contribution in [0.15, 0.2) is 12.2 Å². The molecular formula is C8H10O. The van der Waals surface area contributed by atoms with Gasteiger partial charge in [-0.3, -0.25) is 0 Å². The Bertz CT molecular complexity index is 185. The molecule has 0 spiro atoms. The van der Waals surface area contributed by atoms with Crippen LogP contribution in [0.1, 0.15) is 6.42 Å². The Hall–Kier alpha value is -0.300. The summed E-state index contributed by atoms with van der Waals surface area (Å²) in [7, 11) is 0. The Morgan fingerprint density at radius 2 is 2.00 bits per heavy atom.